The number of nitrogens with one attached hydrogen (secondary N) is 2. The number of ether oxygens (including phenoxy) is 1. The van der Waals surface area contributed by atoms with Crippen LogP contribution in [0.1, 0.15) is 38.5 Å². The lowest BCUT2D eigenvalue weighted by Crippen LogP contribution is -2.39. The molecule has 20 heavy (non-hydrogen) atoms. The van der Waals surface area contributed by atoms with Crippen LogP contribution >= 0.6 is 0 Å². The Morgan fingerprint density at radius 2 is 1.85 bits per heavy atom. The first-order chi connectivity index (χ1) is 9.75. The van der Waals surface area contributed by atoms with E-state index >= 15 is 0 Å². The molecule has 0 aromatic carbocycles. The van der Waals surface area contributed by atoms with Crippen LogP contribution in [0.15, 0.2) is 0 Å². The number of hydrogen-bond acceptors (Lipinski definition) is 3. The Kier molecular flexibility index (Phi) is 6.11. The molecular formula is C14H25N3O3. The minimum atomic E-state index is -0.197. The summed E-state index contributed by atoms with van der Waals surface area (Å²) in [5, 5.41) is 5.52. The topological polar surface area (TPSA) is 70.7 Å². The molecule has 2 aliphatic rings. The molecule has 0 aromatic heterocycles. The van der Waals surface area contributed by atoms with E-state index in [-0.39, 0.29) is 11.9 Å². The Hall–Kier alpha value is -1.30. The Morgan fingerprint density at radius 1 is 1.10 bits per heavy atom. The van der Waals surface area contributed by atoms with Gasteiger partial charge in [0.2, 0.25) is 5.91 Å². The largest absolute Gasteiger partial charge is 0.378 e. The van der Waals surface area contributed by atoms with Crippen LogP contribution in [0.4, 0.5) is 4.79 Å². The molecule has 1 unspecified atom stereocenters. The Morgan fingerprint density at radius 3 is 2.55 bits per heavy atom. The van der Waals surface area contributed by atoms with Crippen molar-refractivity contribution in [3.63, 3.8) is 0 Å². The predicted molar refractivity (Wildman–Crippen MR) is 75.4 cm³/mol. The third-order valence-corrected chi connectivity index (χ3v) is 3.86. The van der Waals surface area contributed by atoms with Gasteiger partial charge in [0.25, 0.3) is 0 Å². The standard InChI is InChI=1S/C14H25N3O3/c18-13(17-9-1-2-10-17)6-8-16-14(19)15-7-5-12-4-3-11-20-12/h12H,1-11H2,(H2,15,16,19). The van der Waals surface area contributed by atoms with Crippen LogP contribution in [0.3, 0.4) is 0 Å². The molecule has 2 aliphatic heterocycles. The lowest BCUT2D eigenvalue weighted by atomic mass is 10.2. The molecular weight excluding hydrogens is 258 g/mol. The zero-order valence-electron chi connectivity index (χ0n) is 12.0. The minimum Gasteiger partial charge on any atom is -0.378 e. The van der Waals surface area contributed by atoms with E-state index in [1.807, 2.05) is 4.90 Å². The quantitative estimate of drug-likeness (QED) is 0.760. The van der Waals surface area contributed by atoms with Crippen LogP contribution in [-0.4, -0.2) is 55.7 Å². The van der Waals surface area contributed by atoms with E-state index in [1.165, 1.54) is 0 Å². The first-order valence-electron chi connectivity index (χ1n) is 7.67. The molecule has 2 fully saturated rings. The summed E-state index contributed by atoms with van der Waals surface area (Å²) in [6.07, 6.45) is 5.96. The van der Waals surface area contributed by atoms with Crippen LogP contribution in [0.2, 0.25) is 0 Å². The van der Waals surface area contributed by atoms with Crippen LogP contribution in [0.25, 0.3) is 0 Å². The van der Waals surface area contributed by atoms with Crippen molar-refractivity contribution in [1.82, 2.24) is 15.5 Å². The van der Waals surface area contributed by atoms with Crippen molar-refractivity contribution in [3.05, 3.63) is 0 Å². The Bertz CT molecular complexity index is 324. The highest BCUT2D eigenvalue weighted by molar-refractivity contribution is 5.78. The van der Waals surface area contributed by atoms with Crippen molar-refractivity contribution >= 4 is 11.9 Å². The number of carbonyl (C=O) groups is 2. The van der Waals surface area contributed by atoms with Crippen molar-refractivity contribution in [3.8, 4) is 0 Å². The number of hydrogen-bond donors (Lipinski definition) is 2. The minimum absolute atomic E-state index is 0.141. The molecule has 6 nitrogen and oxygen atoms in total. The monoisotopic (exact) mass is 283 g/mol. The fourth-order valence-corrected chi connectivity index (χ4v) is 2.69. The average molecular weight is 283 g/mol. The third-order valence-electron chi connectivity index (χ3n) is 3.86. The van der Waals surface area contributed by atoms with Crippen molar-refractivity contribution < 1.29 is 14.3 Å². The lowest BCUT2D eigenvalue weighted by molar-refractivity contribution is -0.129. The Labute approximate surface area is 120 Å². The molecule has 0 saturated carbocycles. The summed E-state index contributed by atoms with van der Waals surface area (Å²) in [6.45, 7) is 3.60. The first-order valence-corrected chi connectivity index (χ1v) is 7.67. The second kappa shape index (κ2) is 8.09. The maximum Gasteiger partial charge on any atom is 0.314 e. The number of nitrogens with zero attached hydrogens (tertiary/aromatic N) is 1. The number of amides is 3. The highest BCUT2D eigenvalue weighted by Gasteiger charge is 2.17. The van der Waals surface area contributed by atoms with Crippen LogP contribution in [0.5, 0.6) is 0 Å². The van der Waals surface area contributed by atoms with E-state index < -0.39 is 0 Å². The molecule has 0 bridgehead atoms. The van der Waals surface area contributed by atoms with E-state index in [9.17, 15) is 9.59 Å². The third kappa shape index (κ3) is 5.00. The van der Waals surface area contributed by atoms with Crippen molar-refractivity contribution in [2.45, 2.75) is 44.6 Å². The van der Waals surface area contributed by atoms with Gasteiger partial charge < -0.3 is 20.3 Å². The molecule has 0 radical (unpaired) electrons. The molecule has 0 aliphatic carbocycles. The fraction of sp³-hybridized carbons (Fsp3) is 0.857. The van der Waals surface area contributed by atoms with Crippen molar-refractivity contribution in [1.29, 1.82) is 0 Å². The Balaban J connectivity index is 1.48. The summed E-state index contributed by atoms with van der Waals surface area (Å²) in [5.74, 6) is 0.141. The molecule has 2 rings (SSSR count). The predicted octanol–water partition coefficient (Wildman–Crippen LogP) is 0.867. The SMILES string of the molecule is O=C(NCCC(=O)N1CCCC1)NCCC1CCCO1. The molecule has 114 valence electrons. The van der Waals surface area contributed by atoms with Gasteiger partial charge in [0.1, 0.15) is 0 Å². The maximum atomic E-state index is 11.8. The number of rotatable bonds is 6. The van der Waals surface area contributed by atoms with Gasteiger partial charge in [-0.2, -0.15) is 0 Å². The van der Waals surface area contributed by atoms with Crippen LogP contribution in [0, 0.1) is 0 Å². The van der Waals surface area contributed by atoms with Gasteiger partial charge >= 0.3 is 6.03 Å². The lowest BCUT2D eigenvalue weighted by Gasteiger charge is -2.15. The van der Waals surface area contributed by atoms with Gasteiger partial charge in [0.15, 0.2) is 0 Å². The van der Waals surface area contributed by atoms with Gasteiger partial charge in [-0.05, 0) is 32.1 Å². The average Bonchev–Trinajstić information content (AvgIpc) is 3.12. The smallest absolute Gasteiger partial charge is 0.314 e. The van der Waals surface area contributed by atoms with Gasteiger partial charge in [0, 0.05) is 39.2 Å². The number of urea groups is 1. The van der Waals surface area contributed by atoms with E-state index in [4.69, 9.17) is 4.74 Å². The highest BCUT2D eigenvalue weighted by atomic mass is 16.5. The van der Waals surface area contributed by atoms with E-state index in [0.717, 1.165) is 51.8 Å². The van der Waals surface area contributed by atoms with E-state index in [0.29, 0.717) is 25.6 Å². The first kappa shape index (κ1) is 15.1. The van der Waals surface area contributed by atoms with E-state index in [2.05, 4.69) is 10.6 Å². The zero-order chi connectivity index (χ0) is 14.2. The normalized spacial score (nSPS) is 22.0. The number of carbonyl (C=O) groups excluding carboxylic acids is 2. The van der Waals surface area contributed by atoms with Crippen LogP contribution in [-0.2, 0) is 9.53 Å². The molecule has 2 saturated heterocycles. The summed E-state index contributed by atoms with van der Waals surface area (Å²) in [4.78, 5) is 25.2. The van der Waals surface area contributed by atoms with Crippen LogP contribution < -0.4 is 10.6 Å². The summed E-state index contributed by atoms with van der Waals surface area (Å²) < 4.78 is 5.48. The fourth-order valence-electron chi connectivity index (χ4n) is 2.69. The van der Waals surface area contributed by atoms with Gasteiger partial charge in [-0.15, -0.1) is 0 Å². The molecule has 2 heterocycles. The van der Waals surface area contributed by atoms with Crippen molar-refractivity contribution in [2.75, 3.05) is 32.8 Å². The molecule has 3 amide bonds. The van der Waals surface area contributed by atoms with Gasteiger partial charge in [-0.1, -0.05) is 0 Å². The molecule has 1 atom stereocenters. The van der Waals surface area contributed by atoms with Crippen molar-refractivity contribution in [2.24, 2.45) is 0 Å². The summed E-state index contributed by atoms with van der Waals surface area (Å²) in [6, 6.07) is -0.197. The van der Waals surface area contributed by atoms with E-state index in [1.54, 1.807) is 0 Å². The second-order valence-electron chi connectivity index (χ2n) is 5.44. The molecule has 2 N–H and O–H groups in total. The molecule has 6 heteroatoms. The molecule has 0 spiro atoms. The second-order valence-corrected chi connectivity index (χ2v) is 5.44. The summed E-state index contributed by atoms with van der Waals surface area (Å²) in [5.41, 5.74) is 0. The number of likely N-dealkylation sites (tertiary alicyclic amines) is 1. The maximum absolute atomic E-state index is 11.8. The summed E-state index contributed by atoms with van der Waals surface area (Å²) in [7, 11) is 0. The van der Waals surface area contributed by atoms with Gasteiger partial charge in [-0.3, -0.25) is 4.79 Å². The summed E-state index contributed by atoms with van der Waals surface area (Å²) >= 11 is 0. The molecule has 0 aromatic rings. The zero-order valence-corrected chi connectivity index (χ0v) is 12.0. The highest BCUT2D eigenvalue weighted by Crippen LogP contribution is 2.14. The van der Waals surface area contributed by atoms with Gasteiger partial charge in [-0.25, -0.2) is 4.79 Å². The van der Waals surface area contributed by atoms with Gasteiger partial charge in [0.05, 0.1) is 6.10 Å².